The summed E-state index contributed by atoms with van der Waals surface area (Å²) in [6, 6.07) is 14.5. The molecule has 0 bridgehead atoms. The molecule has 170 valence electrons. The van der Waals surface area contributed by atoms with Crippen LogP contribution >= 0.6 is 23.4 Å². The van der Waals surface area contributed by atoms with Crippen LogP contribution in [0.3, 0.4) is 0 Å². The van der Waals surface area contributed by atoms with Crippen LogP contribution in [0, 0.1) is 0 Å². The van der Waals surface area contributed by atoms with Crippen LogP contribution in [0.5, 0.6) is 0 Å². The van der Waals surface area contributed by atoms with Crippen molar-refractivity contribution in [3.63, 3.8) is 0 Å². The number of rotatable bonds is 10. The molecule has 0 spiro atoms. The lowest BCUT2D eigenvalue weighted by molar-refractivity contribution is -0.115. The van der Waals surface area contributed by atoms with E-state index in [-0.39, 0.29) is 11.5 Å². The van der Waals surface area contributed by atoms with Gasteiger partial charge in [-0.25, -0.2) is 4.98 Å². The SMILES string of the molecule is CCN(CC)CCCn1c(SC(C)C(=O)Nc2ccccc2Cl)nc2ccccc2c1=O. The van der Waals surface area contributed by atoms with Crippen molar-refractivity contribution in [2.45, 2.75) is 44.1 Å². The number of amides is 1. The highest BCUT2D eigenvalue weighted by Gasteiger charge is 2.20. The first-order valence-corrected chi connectivity index (χ1v) is 12.1. The Kier molecular flexibility index (Phi) is 8.73. The summed E-state index contributed by atoms with van der Waals surface area (Å²) in [5.41, 5.74) is 1.13. The number of benzene rings is 2. The summed E-state index contributed by atoms with van der Waals surface area (Å²) in [5.74, 6) is -0.194. The van der Waals surface area contributed by atoms with Crippen molar-refractivity contribution in [1.82, 2.24) is 14.5 Å². The molecular formula is C24H29ClN4O2S. The number of hydrogen-bond donors (Lipinski definition) is 1. The summed E-state index contributed by atoms with van der Waals surface area (Å²) in [6.07, 6.45) is 0.829. The number of nitrogens with zero attached hydrogens (tertiary/aromatic N) is 3. The lowest BCUT2D eigenvalue weighted by Gasteiger charge is -2.20. The first-order valence-electron chi connectivity index (χ1n) is 10.9. The molecule has 0 aliphatic carbocycles. The second kappa shape index (κ2) is 11.5. The zero-order valence-corrected chi connectivity index (χ0v) is 20.2. The van der Waals surface area contributed by atoms with Gasteiger partial charge in [0.05, 0.1) is 26.9 Å². The Morgan fingerprint density at radius 3 is 2.56 bits per heavy atom. The fourth-order valence-electron chi connectivity index (χ4n) is 3.44. The van der Waals surface area contributed by atoms with E-state index in [2.05, 4.69) is 24.1 Å². The smallest absolute Gasteiger partial charge is 0.262 e. The van der Waals surface area contributed by atoms with Crippen molar-refractivity contribution in [1.29, 1.82) is 0 Å². The van der Waals surface area contributed by atoms with Crippen molar-refractivity contribution in [2.24, 2.45) is 0 Å². The maximum atomic E-state index is 13.2. The fraction of sp³-hybridized carbons (Fsp3) is 0.375. The van der Waals surface area contributed by atoms with Crippen LogP contribution in [0.4, 0.5) is 5.69 Å². The van der Waals surface area contributed by atoms with Gasteiger partial charge in [-0.3, -0.25) is 14.2 Å². The molecule has 0 aliphatic rings. The zero-order valence-electron chi connectivity index (χ0n) is 18.7. The Hall–Kier alpha value is -2.35. The van der Waals surface area contributed by atoms with Gasteiger partial charge in [0.2, 0.25) is 5.91 Å². The second-order valence-electron chi connectivity index (χ2n) is 7.48. The third-order valence-corrected chi connectivity index (χ3v) is 6.78. The van der Waals surface area contributed by atoms with E-state index < -0.39 is 5.25 Å². The molecule has 0 saturated heterocycles. The number of thioether (sulfide) groups is 1. The molecule has 0 saturated carbocycles. The van der Waals surface area contributed by atoms with Gasteiger partial charge in [0.25, 0.3) is 5.56 Å². The van der Waals surface area contributed by atoms with Crippen LogP contribution in [0.15, 0.2) is 58.5 Å². The molecule has 1 heterocycles. The molecule has 0 radical (unpaired) electrons. The summed E-state index contributed by atoms with van der Waals surface area (Å²) in [5, 5.41) is 4.02. The summed E-state index contributed by atoms with van der Waals surface area (Å²) in [6.45, 7) is 9.47. The summed E-state index contributed by atoms with van der Waals surface area (Å²) in [7, 11) is 0. The zero-order chi connectivity index (χ0) is 23.1. The predicted molar refractivity (Wildman–Crippen MR) is 134 cm³/mol. The van der Waals surface area contributed by atoms with E-state index in [4.69, 9.17) is 16.6 Å². The maximum absolute atomic E-state index is 13.2. The number of anilines is 1. The van der Waals surface area contributed by atoms with E-state index >= 15 is 0 Å². The minimum atomic E-state index is -0.464. The van der Waals surface area contributed by atoms with E-state index in [0.717, 1.165) is 26.1 Å². The van der Waals surface area contributed by atoms with Gasteiger partial charge in [-0.1, -0.05) is 61.5 Å². The van der Waals surface area contributed by atoms with Crippen LogP contribution in [0.2, 0.25) is 5.02 Å². The van der Waals surface area contributed by atoms with Gasteiger partial charge in [0.1, 0.15) is 0 Å². The topological polar surface area (TPSA) is 67.2 Å². The van der Waals surface area contributed by atoms with Crippen molar-refractivity contribution < 1.29 is 4.79 Å². The average Bonchev–Trinajstić information content (AvgIpc) is 2.80. The highest BCUT2D eigenvalue weighted by atomic mass is 35.5. The first-order chi connectivity index (χ1) is 15.4. The van der Waals surface area contributed by atoms with Crippen LogP contribution in [0.25, 0.3) is 10.9 Å². The van der Waals surface area contributed by atoms with Gasteiger partial charge in [0.15, 0.2) is 5.16 Å². The standard InChI is InChI=1S/C24H29ClN4O2S/c1-4-28(5-2)15-10-16-29-23(31)18-11-6-8-13-20(18)27-24(29)32-17(3)22(30)26-21-14-9-7-12-19(21)25/h6-9,11-14,17H,4-5,10,15-16H2,1-3H3,(H,26,30). The van der Waals surface area contributed by atoms with E-state index in [9.17, 15) is 9.59 Å². The fourth-order valence-corrected chi connectivity index (χ4v) is 4.55. The van der Waals surface area contributed by atoms with Gasteiger partial charge in [-0.15, -0.1) is 0 Å². The van der Waals surface area contributed by atoms with Gasteiger partial charge in [-0.05, 0) is 57.2 Å². The Bertz CT molecular complexity index is 1130. The van der Waals surface area contributed by atoms with Crippen molar-refractivity contribution >= 4 is 45.9 Å². The number of aromatic nitrogens is 2. The molecule has 0 fully saturated rings. The van der Waals surface area contributed by atoms with Crippen molar-refractivity contribution in [3.05, 3.63) is 63.9 Å². The molecule has 6 nitrogen and oxygen atoms in total. The molecule has 1 N–H and O–H groups in total. The van der Waals surface area contributed by atoms with Crippen LogP contribution in [0.1, 0.15) is 27.2 Å². The minimum Gasteiger partial charge on any atom is -0.324 e. The molecule has 2 aromatic carbocycles. The number of para-hydroxylation sites is 2. The third-order valence-electron chi connectivity index (χ3n) is 5.36. The predicted octanol–water partition coefficient (Wildman–Crippen LogP) is 4.90. The molecule has 1 atom stereocenters. The van der Waals surface area contributed by atoms with E-state index in [1.165, 1.54) is 11.8 Å². The number of carbonyl (C=O) groups is 1. The molecule has 1 aromatic heterocycles. The minimum absolute atomic E-state index is 0.0728. The van der Waals surface area contributed by atoms with Crippen molar-refractivity contribution in [2.75, 3.05) is 25.0 Å². The first kappa shape index (κ1) is 24.3. The van der Waals surface area contributed by atoms with E-state index in [1.54, 1.807) is 29.7 Å². The van der Waals surface area contributed by atoms with Crippen LogP contribution in [-0.2, 0) is 11.3 Å². The van der Waals surface area contributed by atoms with E-state index in [0.29, 0.717) is 33.3 Å². The Morgan fingerprint density at radius 2 is 1.84 bits per heavy atom. The van der Waals surface area contributed by atoms with Gasteiger partial charge in [0, 0.05) is 6.54 Å². The quantitative estimate of drug-likeness (QED) is 0.335. The molecule has 0 aliphatic heterocycles. The molecular weight excluding hydrogens is 444 g/mol. The Balaban J connectivity index is 1.84. The number of hydrogen-bond acceptors (Lipinski definition) is 5. The highest BCUT2D eigenvalue weighted by molar-refractivity contribution is 8.00. The summed E-state index contributed by atoms with van der Waals surface area (Å²) < 4.78 is 1.70. The third kappa shape index (κ3) is 5.91. The monoisotopic (exact) mass is 472 g/mol. The maximum Gasteiger partial charge on any atom is 0.262 e. The van der Waals surface area contributed by atoms with Gasteiger partial charge < -0.3 is 10.2 Å². The second-order valence-corrected chi connectivity index (χ2v) is 9.19. The largest absolute Gasteiger partial charge is 0.324 e. The van der Waals surface area contributed by atoms with Crippen LogP contribution < -0.4 is 10.9 Å². The number of nitrogens with one attached hydrogen (secondary N) is 1. The molecule has 3 aromatic rings. The lowest BCUT2D eigenvalue weighted by atomic mass is 10.2. The van der Waals surface area contributed by atoms with Crippen LogP contribution in [-0.4, -0.2) is 45.2 Å². The molecule has 32 heavy (non-hydrogen) atoms. The average molecular weight is 473 g/mol. The number of carbonyl (C=O) groups excluding carboxylic acids is 1. The Labute approximate surface area is 198 Å². The summed E-state index contributed by atoms with van der Waals surface area (Å²) >= 11 is 7.45. The molecule has 1 amide bonds. The van der Waals surface area contributed by atoms with Gasteiger partial charge >= 0.3 is 0 Å². The molecule has 8 heteroatoms. The molecule has 3 rings (SSSR count). The lowest BCUT2D eigenvalue weighted by Crippen LogP contribution is -2.29. The molecule has 1 unspecified atom stereocenters. The number of halogens is 1. The van der Waals surface area contributed by atoms with Crippen molar-refractivity contribution in [3.8, 4) is 0 Å². The normalized spacial score (nSPS) is 12.3. The highest BCUT2D eigenvalue weighted by Crippen LogP contribution is 2.26. The Morgan fingerprint density at radius 1 is 1.16 bits per heavy atom. The summed E-state index contributed by atoms with van der Waals surface area (Å²) in [4.78, 5) is 33.1. The number of fused-ring (bicyclic) bond motifs is 1. The van der Waals surface area contributed by atoms with Gasteiger partial charge in [-0.2, -0.15) is 0 Å². The van der Waals surface area contributed by atoms with E-state index in [1.807, 2.05) is 30.3 Å².